The number of hydrogen-bond acceptors (Lipinski definition) is 7. The molecule has 2 aromatic heterocycles. The van der Waals surface area contributed by atoms with Gasteiger partial charge in [0.1, 0.15) is 17.1 Å². The van der Waals surface area contributed by atoms with Crippen molar-refractivity contribution >= 4 is 29.1 Å². The minimum absolute atomic E-state index is 0.191. The third-order valence-corrected chi connectivity index (χ3v) is 5.56. The summed E-state index contributed by atoms with van der Waals surface area (Å²) in [6.07, 6.45) is 1.55. The molecule has 36 heavy (non-hydrogen) atoms. The van der Waals surface area contributed by atoms with E-state index in [2.05, 4.69) is 20.7 Å². The molecule has 0 saturated heterocycles. The van der Waals surface area contributed by atoms with E-state index in [0.717, 1.165) is 16.9 Å². The fraction of sp³-hybridized carbons (Fsp3) is 0.185. The van der Waals surface area contributed by atoms with Crippen LogP contribution < -0.4 is 15.4 Å². The highest BCUT2D eigenvalue weighted by atomic mass is 16.5. The van der Waals surface area contributed by atoms with E-state index in [1.165, 1.54) is 0 Å². The second kappa shape index (κ2) is 10.7. The second-order valence-electron chi connectivity index (χ2n) is 8.14. The van der Waals surface area contributed by atoms with E-state index in [1.54, 1.807) is 42.3 Å². The molecule has 2 N–H and O–H groups in total. The van der Waals surface area contributed by atoms with Gasteiger partial charge in [0.2, 0.25) is 0 Å². The first-order chi connectivity index (χ1) is 17.4. The Balaban J connectivity index is 1.43. The topological polar surface area (TPSA) is 107 Å². The summed E-state index contributed by atoms with van der Waals surface area (Å²) in [6, 6.07) is 18.4. The van der Waals surface area contributed by atoms with E-state index < -0.39 is 18.5 Å². The molecule has 0 spiro atoms. The number of para-hydroxylation sites is 2. The SMILES string of the molecule is COc1ccccc1Nc1ncccc1C(=O)OCC(=O)Nc1c(C)nn(-c2ccc(C)cc2)c1C. The Morgan fingerprint density at radius 3 is 2.47 bits per heavy atom. The maximum absolute atomic E-state index is 12.8. The van der Waals surface area contributed by atoms with Crippen LogP contribution in [-0.4, -0.2) is 40.4 Å². The van der Waals surface area contributed by atoms with E-state index in [4.69, 9.17) is 9.47 Å². The number of aromatic nitrogens is 3. The number of pyridine rings is 1. The van der Waals surface area contributed by atoms with Gasteiger partial charge in [-0.25, -0.2) is 14.5 Å². The normalized spacial score (nSPS) is 10.6. The Hall–Kier alpha value is -4.66. The van der Waals surface area contributed by atoms with Crippen molar-refractivity contribution in [1.29, 1.82) is 0 Å². The molecule has 2 aromatic carbocycles. The fourth-order valence-corrected chi connectivity index (χ4v) is 3.69. The number of anilines is 3. The van der Waals surface area contributed by atoms with Crippen LogP contribution in [-0.2, 0) is 9.53 Å². The van der Waals surface area contributed by atoms with Crippen LogP contribution in [0.15, 0.2) is 66.9 Å². The predicted octanol–water partition coefficient (Wildman–Crippen LogP) is 4.74. The average Bonchev–Trinajstić information content (AvgIpc) is 3.16. The number of aryl methyl sites for hydroxylation is 2. The molecule has 0 fully saturated rings. The minimum Gasteiger partial charge on any atom is -0.495 e. The van der Waals surface area contributed by atoms with Gasteiger partial charge in [0.15, 0.2) is 6.61 Å². The number of carbonyl (C=O) groups is 2. The zero-order valence-corrected chi connectivity index (χ0v) is 20.5. The van der Waals surface area contributed by atoms with Crippen LogP contribution in [0.1, 0.15) is 27.3 Å². The molecule has 0 aliphatic heterocycles. The van der Waals surface area contributed by atoms with Crippen molar-refractivity contribution in [3.05, 3.63) is 89.4 Å². The zero-order chi connectivity index (χ0) is 25.7. The van der Waals surface area contributed by atoms with E-state index in [9.17, 15) is 9.59 Å². The Labute approximate surface area is 209 Å². The number of nitrogens with one attached hydrogen (secondary N) is 2. The van der Waals surface area contributed by atoms with Gasteiger partial charge in [-0.1, -0.05) is 29.8 Å². The lowest BCUT2D eigenvalue weighted by atomic mass is 10.2. The standard InChI is InChI=1S/C27H27N5O4/c1-17-11-13-20(14-12-17)32-19(3)25(18(2)31-32)30-24(33)16-36-27(34)21-8-7-15-28-26(21)29-22-9-5-6-10-23(22)35-4/h5-15H,16H2,1-4H3,(H,28,29)(H,30,33). The number of rotatable bonds is 8. The Morgan fingerprint density at radius 1 is 0.972 bits per heavy atom. The van der Waals surface area contributed by atoms with Crippen LogP contribution in [0.25, 0.3) is 5.69 Å². The van der Waals surface area contributed by atoms with Gasteiger partial charge in [-0.2, -0.15) is 5.10 Å². The van der Waals surface area contributed by atoms with Crippen molar-refractivity contribution in [1.82, 2.24) is 14.8 Å². The Morgan fingerprint density at radius 2 is 1.72 bits per heavy atom. The number of esters is 1. The maximum Gasteiger partial charge on any atom is 0.342 e. The summed E-state index contributed by atoms with van der Waals surface area (Å²) in [5.41, 5.74) is 4.87. The van der Waals surface area contributed by atoms with Crippen molar-refractivity contribution in [2.24, 2.45) is 0 Å². The van der Waals surface area contributed by atoms with Crippen LogP contribution in [0.3, 0.4) is 0 Å². The maximum atomic E-state index is 12.8. The molecule has 4 aromatic rings. The quantitative estimate of drug-likeness (QED) is 0.347. The van der Waals surface area contributed by atoms with Gasteiger partial charge in [-0.05, 0) is 57.2 Å². The molecular weight excluding hydrogens is 458 g/mol. The van der Waals surface area contributed by atoms with Crippen molar-refractivity contribution < 1.29 is 19.1 Å². The van der Waals surface area contributed by atoms with Gasteiger partial charge >= 0.3 is 5.97 Å². The molecule has 0 aliphatic carbocycles. The molecule has 2 heterocycles. The zero-order valence-electron chi connectivity index (χ0n) is 20.5. The molecule has 0 radical (unpaired) electrons. The van der Waals surface area contributed by atoms with Gasteiger partial charge in [0.25, 0.3) is 5.91 Å². The third-order valence-electron chi connectivity index (χ3n) is 5.56. The molecule has 0 aliphatic rings. The smallest absolute Gasteiger partial charge is 0.342 e. The third kappa shape index (κ3) is 5.35. The van der Waals surface area contributed by atoms with Crippen LogP contribution in [0, 0.1) is 20.8 Å². The molecular formula is C27H27N5O4. The summed E-state index contributed by atoms with van der Waals surface area (Å²) in [5.74, 6) is -0.266. The largest absolute Gasteiger partial charge is 0.495 e. The van der Waals surface area contributed by atoms with Crippen LogP contribution in [0.4, 0.5) is 17.2 Å². The van der Waals surface area contributed by atoms with Gasteiger partial charge in [-0.15, -0.1) is 0 Å². The molecule has 0 saturated carbocycles. The minimum atomic E-state index is -0.681. The molecule has 9 heteroatoms. The van der Waals surface area contributed by atoms with Crippen molar-refractivity contribution in [3.8, 4) is 11.4 Å². The summed E-state index contributed by atoms with van der Waals surface area (Å²) in [4.78, 5) is 29.7. The number of methoxy groups -OCH3 is 1. The van der Waals surface area contributed by atoms with Gasteiger partial charge in [-0.3, -0.25) is 4.79 Å². The van der Waals surface area contributed by atoms with Crippen LogP contribution in [0.2, 0.25) is 0 Å². The highest BCUT2D eigenvalue weighted by Gasteiger charge is 2.19. The van der Waals surface area contributed by atoms with Crippen molar-refractivity contribution in [2.75, 3.05) is 24.4 Å². The van der Waals surface area contributed by atoms with E-state index in [1.807, 2.05) is 57.2 Å². The van der Waals surface area contributed by atoms with Crippen molar-refractivity contribution in [2.45, 2.75) is 20.8 Å². The molecule has 184 valence electrons. The lowest BCUT2D eigenvalue weighted by Gasteiger charge is -2.13. The molecule has 0 bridgehead atoms. The molecule has 9 nitrogen and oxygen atoms in total. The highest BCUT2D eigenvalue weighted by molar-refractivity contribution is 5.98. The summed E-state index contributed by atoms with van der Waals surface area (Å²) in [7, 11) is 1.56. The number of nitrogens with zero attached hydrogens (tertiary/aromatic N) is 3. The van der Waals surface area contributed by atoms with Gasteiger partial charge in [0.05, 0.1) is 35.6 Å². The van der Waals surface area contributed by atoms with E-state index in [-0.39, 0.29) is 5.56 Å². The number of ether oxygens (including phenoxy) is 2. The van der Waals surface area contributed by atoms with Crippen LogP contribution in [0.5, 0.6) is 5.75 Å². The van der Waals surface area contributed by atoms with Crippen molar-refractivity contribution in [3.63, 3.8) is 0 Å². The fourth-order valence-electron chi connectivity index (χ4n) is 3.69. The Kier molecular flexibility index (Phi) is 7.29. The summed E-state index contributed by atoms with van der Waals surface area (Å²) < 4.78 is 12.4. The lowest BCUT2D eigenvalue weighted by molar-refractivity contribution is -0.119. The van der Waals surface area contributed by atoms with E-state index in [0.29, 0.717) is 28.6 Å². The summed E-state index contributed by atoms with van der Waals surface area (Å²) in [5, 5.41) is 10.4. The Bertz CT molecular complexity index is 1400. The number of hydrogen-bond donors (Lipinski definition) is 2. The molecule has 0 unspecified atom stereocenters. The van der Waals surface area contributed by atoms with Crippen LogP contribution >= 0.6 is 0 Å². The molecule has 1 amide bonds. The molecule has 4 rings (SSSR count). The summed E-state index contributed by atoms with van der Waals surface area (Å²) in [6.45, 7) is 5.23. The number of carbonyl (C=O) groups excluding carboxylic acids is 2. The number of amides is 1. The van der Waals surface area contributed by atoms with E-state index >= 15 is 0 Å². The summed E-state index contributed by atoms with van der Waals surface area (Å²) >= 11 is 0. The molecule has 0 atom stereocenters. The average molecular weight is 486 g/mol. The first kappa shape index (κ1) is 24.5. The first-order valence-electron chi connectivity index (χ1n) is 11.3. The monoisotopic (exact) mass is 485 g/mol. The van der Waals surface area contributed by atoms with Gasteiger partial charge in [0, 0.05) is 6.20 Å². The first-order valence-corrected chi connectivity index (χ1v) is 11.3. The predicted molar refractivity (Wildman–Crippen MR) is 137 cm³/mol. The lowest BCUT2D eigenvalue weighted by Crippen LogP contribution is -2.22. The highest BCUT2D eigenvalue weighted by Crippen LogP contribution is 2.28. The van der Waals surface area contributed by atoms with Gasteiger partial charge < -0.3 is 20.1 Å². The second-order valence-corrected chi connectivity index (χ2v) is 8.14. The number of benzene rings is 2.